The minimum atomic E-state index is -1.03. The highest BCUT2D eigenvalue weighted by Gasteiger charge is 2.42. The molecule has 17 heavy (non-hydrogen) atoms. The molecule has 1 unspecified atom stereocenters. The van der Waals surface area contributed by atoms with Crippen LogP contribution >= 0.6 is 0 Å². The second-order valence-corrected chi connectivity index (χ2v) is 5.91. The Kier molecular flexibility index (Phi) is 3.11. The zero-order valence-corrected chi connectivity index (χ0v) is 10.3. The predicted molar refractivity (Wildman–Crippen MR) is 66.0 cm³/mol. The van der Waals surface area contributed by atoms with Gasteiger partial charge in [0.05, 0.1) is 11.2 Å². The van der Waals surface area contributed by atoms with Crippen LogP contribution in [-0.2, 0) is 22.5 Å². The third-order valence-corrected chi connectivity index (χ3v) is 3.70. The zero-order valence-electron chi connectivity index (χ0n) is 9.51. The van der Waals surface area contributed by atoms with Crippen molar-refractivity contribution in [2.75, 3.05) is 6.26 Å². The standard InChI is InChI=1S/C11H14N2O3S/c1-17(16)7-8-6-9(13(14)15)2-3-10(8)11(12)4-5-11/h2-3,6H,4-5,7,12H2,1H3. The second kappa shape index (κ2) is 4.29. The van der Waals surface area contributed by atoms with Gasteiger partial charge in [-0.05, 0) is 24.5 Å². The summed E-state index contributed by atoms with van der Waals surface area (Å²) in [7, 11) is 0. The van der Waals surface area contributed by atoms with Gasteiger partial charge in [-0.15, -0.1) is 0 Å². The molecule has 1 fully saturated rings. The topological polar surface area (TPSA) is 92.2 Å². The van der Waals surface area contributed by atoms with Crippen molar-refractivity contribution in [1.82, 2.24) is 0 Å². The number of nitro groups is 1. The van der Waals surface area contributed by atoms with Crippen molar-refractivity contribution in [2.24, 2.45) is 5.73 Å². The highest BCUT2D eigenvalue weighted by molar-refractivity contribution is 7.89. The van der Waals surface area contributed by atoms with E-state index in [0.29, 0.717) is 5.75 Å². The second-order valence-electron chi connectivity index (χ2n) is 4.47. The molecule has 0 heterocycles. The molecule has 0 amide bonds. The molecular formula is C11H14N2O3S. The summed E-state index contributed by atoms with van der Waals surface area (Å²) in [5.74, 6) is 0.315. The summed E-state index contributed by atoms with van der Waals surface area (Å²) in [6, 6.07) is 4.65. The molecule has 0 bridgehead atoms. The monoisotopic (exact) mass is 254 g/mol. The fourth-order valence-electron chi connectivity index (χ4n) is 1.92. The maximum atomic E-state index is 11.3. The van der Waals surface area contributed by atoms with Crippen LogP contribution in [0.25, 0.3) is 0 Å². The first-order valence-corrected chi connectivity index (χ1v) is 7.02. The molecule has 0 radical (unpaired) electrons. The van der Waals surface area contributed by atoms with Crippen LogP contribution in [0.4, 0.5) is 5.69 Å². The fourth-order valence-corrected chi connectivity index (χ4v) is 2.60. The van der Waals surface area contributed by atoms with Crippen LogP contribution in [0.3, 0.4) is 0 Å². The Morgan fingerprint density at radius 3 is 2.65 bits per heavy atom. The number of hydrogen-bond donors (Lipinski definition) is 1. The van der Waals surface area contributed by atoms with Crippen LogP contribution in [-0.4, -0.2) is 15.7 Å². The molecule has 1 aromatic rings. The quantitative estimate of drug-likeness (QED) is 0.499. The number of nitrogens with zero attached hydrogens (tertiary/aromatic N) is 1. The van der Waals surface area contributed by atoms with E-state index in [0.717, 1.165) is 24.0 Å². The molecule has 2 N–H and O–H groups in total. The van der Waals surface area contributed by atoms with Gasteiger partial charge in [-0.25, -0.2) is 0 Å². The van der Waals surface area contributed by atoms with E-state index in [1.807, 2.05) is 0 Å². The molecule has 6 heteroatoms. The Balaban J connectivity index is 2.41. The lowest BCUT2D eigenvalue weighted by Crippen LogP contribution is -2.21. The smallest absolute Gasteiger partial charge is 0.269 e. The van der Waals surface area contributed by atoms with Crippen LogP contribution < -0.4 is 5.73 Å². The van der Waals surface area contributed by atoms with Gasteiger partial charge in [0.15, 0.2) is 0 Å². The third-order valence-electron chi connectivity index (χ3n) is 2.98. The summed E-state index contributed by atoms with van der Waals surface area (Å²) in [5, 5.41) is 10.7. The van der Waals surface area contributed by atoms with Gasteiger partial charge in [-0.3, -0.25) is 10.1 Å². The highest BCUT2D eigenvalue weighted by Crippen LogP contribution is 2.45. The van der Waals surface area contributed by atoms with Crippen molar-refractivity contribution in [3.63, 3.8) is 0 Å². The fraction of sp³-hybridized carbons (Fsp3) is 0.455. The number of benzene rings is 1. The summed E-state index contributed by atoms with van der Waals surface area (Å²) in [6.45, 7) is 0. The summed E-state index contributed by atoms with van der Waals surface area (Å²) in [6.07, 6.45) is 3.35. The van der Waals surface area contributed by atoms with Crippen molar-refractivity contribution >= 4 is 16.9 Å². The van der Waals surface area contributed by atoms with E-state index in [2.05, 4.69) is 0 Å². The first-order valence-electron chi connectivity index (χ1n) is 5.29. The first kappa shape index (κ1) is 12.3. The maximum absolute atomic E-state index is 11.3. The lowest BCUT2D eigenvalue weighted by molar-refractivity contribution is -0.384. The van der Waals surface area contributed by atoms with Crippen molar-refractivity contribution in [2.45, 2.75) is 24.1 Å². The molecular weight excluding hydrogens is 240 g/mol. The van der Waals surface area contributed by atoms with Gasteiger partial charge >= 0.3 is 0 Å². The summed E-state index contributed by atoms with van der Waals surface area (Å²) < 4.78 is 11.3. The Morgan fingerprint density at radius 2 is 2.18 bits per heavy atom. The van der Waals surface area contributed by atoms with Gasteiger partial charge in [0, 0.05) is 23.2 Å². The SMILES string of the molecule is C[S+]([O-])Cc1cc([N+](=O)[O-])ccc1C1(N)CC1. The summed E-state index contributed by atoms with van der Waals surface area (Å²) in [5.41, 5.74) is 7.41. The van der Waals surface area contributed by atoms with Crippen LogP contribution in [0.5, 0.6) is 0 Å². The molecule has 2 rings (SSSR count). The molecule has 0 aliphatic heterocycles. The molecule has 0 spiro atoms. The molecule has 1 saturated carbocycles. The Hall–Kier alpha value is -1.11. The van der Waals surface area contributed by atoms with Crippen molar-refractivity contribution in [3.8, 4) is 0 Å². The molecule has 1 aliphatic rings. The largest absolute Gasteiger partial charge is 0.616 e. The molecule has 0 aromatic heterocycles. The van der Waals surface area contributed by atoms with E-state index in [1.165, 1.54) is 12.1 Å². The average Bonchev–Trinajstić information content (AvgIpc) is 2.96. The Morgan fingerprint density at radius 1 is 1.53 bits per heavy atom. The van der Waals surface area contributed by atoms with Crippen LogP contribution in [0.1, 0.15) is 24.0 Å². The average molecular weight is 254 g/mol. The number of nitrogens with two attached hydrogens (primary N) is 1. The number of non-ortho nitro benzene ring substituents is 1. The molecule has 1 aliphatic carbocycles. The van der Waals surface area contributed by atoms with Gasteiger partial charge in [0.1, 0.15) is 5.75 Å². The molecule has 92 valence electrons. The van der Waals surface area contributed by atoms with E-state index < -0.39 is 16.1 Å². The van der Waals surface area contributed by atoms with Gasteiger partial charge in [0.2, 0.25) is 0 Å². The number of nitro benzene ring substituents is 1. The van der Waals surface area contributed by atoms with E-state index in [9.17, 15) is 14.7 Å². The maximum Gasteiger partial charge on any atom is 0.269 e. The normalized spacial score (nSPS) is 18.8. The lowest BCUT2D eigenvalue weighted by atomic mass is 9.99. The van der Waals surface area contributed by atoms with Crippen LogP contribution in [0.15, 0.2) is 18.2 Å². The minimum Gasteiger partial charge on any atom is -0.616 e. The van der Waals surface area contributed by atoms with E-state index in [1.54, 1.807) is 12.3 Å². The van der Waals surface area contributed by atoms with E-state index in [-0.39, 0.29) is 11.2 Å². The Bertz CT molecular complexity index is 458. The molecule has 0 saturated heterocycles. The Labute approximate surface area is 102 Å². The van der Waals surface area contributed by atoms with Gasteiger partial charge < -0.3 is 10.3 Å². The summed E-state index contributed by atoms with van der Waals surface area (Å²) >= 11 is -1.03. The van der Waals surface area contributed by atoms with E-state index >= 15 is 0 Å². The predicted octanol–water partition coefficient (Wildman–Crippen LogP) is 1.42. The van der Waals surface area contributed by atoms with Gasteiger partial charge in [0.25, 0.3) is 5.69 Å². The van der Waals surface area contributed by atoms with Crippen molar-refractivity contribution < 1.29 is 9.48 Å². The molecule has 1 aromatic carbocycles. The first-order chi connectivity index (χ1) is 7.92. The van der Waals surface area contributed by atoms with Crippen LogP contribution in [0, 0.1) is 10.1 Å². The summed E-state index contributed by atoms with van der Waals surface area (Å²) in [4.78, 5) is 10.3. The van der Waals surface area contributed by atoms with Gasteiger partial charge in [-0.1, -0.05) is 11.2 Å². The zero-order chi connectivity index (χ0) is 12.6. The third kappa shape index (κ3) is 2.59. The molecule has 5 nitrogen and oxygen atoms in total. The highest BCUT2D eigenvalue weighted by atomic mass is 32.2. The number of rotatable bonds is 4. The number of hydrogen-bond acceptors (Lipinski definition) is 4. The van der Waals surface area contributed by atoms with E-state index in [4.69, 9.17) is 5.73 Å². The minimum absolute atomic E-state index is 0.0263. The van der Waals surface area contributed by atoms with Crippen molar-refractivity contribution in [1.29, 1.82) is 0 Å². The lowest BCUT2D eigenvalue weighted by Gasteiger charge is -2.15. The molecule has 1 atom stereocenters. The van der Waals surface area contributed by atoms with Crippen LogP contribution in [0.2, 0.25) is 0 Å². The van der Waals surface area contributed by atoms with Crippen molar-refractivity contribution in [3.05, 3.63) is 39.4 Å². The van der Waals surface area contributed by atoms with Gasteiger partial charge in [-0.2, -0.15) is 0 Å².